The number of imidazole rings is 1. The summed E-state index contributed by atoms with van der Waals surface area (Å²) in [5.74, 6) is 1.09. The summed E-state index contributed by atoms with van der Waals surface area (Å²) in [7, 11) is 0. The van der Waals surface area contributed by atoms with Gasteiger partial charge in [-0.1, -0.05) is 0 Å². The number of anilines is 1. The fraction of sp³-hybridized carbons (Fsp3) is 0.700. The third kappa shape index (κ3) is 1.32. The van der Waals surface area contributed by atoms with E-state index in [1.807, 2.05) is 6.20 Å². The fourth-order valence-corrected chi connectivity index (χ4v) is 1.79. The molecular formula is C10H15N3. The van der Waals surface area contributed by atoms with Gasteiger partial charge in [0, 0.05) is 24.5 Å². The van der Waals surface area contributed by atoms with Crippen LogP contribution in [0.25, 0.3) is 0 Å². The predicted octanol–water partition coefficient (Wildman–Crippen LogP) is 2.18. The lowest BCUT2D eigenvalue weighted by Gasteiger charge is -2.28. The maximum atomic E-state index is 4.35. The van der Waals surface area contributed by atoms with Gasteiger partial charge in [-0.3, -0.25) is 0 Å². The zero-order chi connectivity index (χ0) is 8.67. The molecule has 1 aromatic rings. The second kappa shape index (κ2) is 2.76. The topological polar surface area (TPSA) is 29.9 Å². The van der Waals surface area contributed by atoms with Crippen molar-refractivity contribution in [2.45, 2.75) is 44.2 Å². The van der Waals surface area contributed by atoms with Crippen LogP contribution in [0.3, 0.4) is 0 Å². The van der Waals surface area contributed by atoms with Crippen molar-refractivity contribution in [1.29, 1.82) is 0 Å². The zero-order valence-electron chi connectivity index (χ0n) is 7.74. The molecular weight excluding hydrogens is 162 g/mol. The summed E-state index contributed by atoms with van der Waals surface area (Å²) in [6.45, 7) is 0. The van der Waals surface area contributed by atoms with E-state index in [1.165, 1.54) is 32.1 Å². The van der Waals surface area contributed by atoms with E-state index in [0.717, 1.165) is 12.0 Å². The first-order valence-electron chi connectivity index (χ1n) is 5.23. The van der Waals surface area contributed by atoms with Crippen LogP contribution in [0.15, 0.2) is 12.4 Å². The normalized spacial score (nSPS) is 22.8. The summed E-state index contributed by atoms with van der Waals surface area (Å²) in [5.41, 5.74) is 0. The van der Waals surface area contributed by atoms with Gasteiger partial charge in [0.15, 0.2) is 0 Å². The first-order valence-corrected chi connectivity index (χ1v) is 5.23. The van der Waals surface area contributed by atoms with Crippen molar-refractivity contribution in [3.8, 4) is 0 Å². The van der Waals surface area contributed by atoms with Gasteiger partial charge in [-0.2, -0.15) is 0 Å². The number of hydrogen-bond acceptors (Lipinski definition) is 2. The van der Waals surface area contributed by atoms with Gasteiger partial charge in [0.05, 0.1) is 0 Å². The van der Waals surface area contributed by atoms with Crippen molar-refractivity contribution in [2.75, 3.05) is 5.32 Å². The monoisotopic (exact) mass is 177 g/mol. The van der Waals surface area contributed by atoms with Gasteiger partial charge in [0.2, 0.25) is 5.95 Å². The standard InChI is InChI=1S/C10H15N3/c1-2-9(3-1)13-7-6-11-10(13)12-8-4-5-8/h6-9H,1-5H2,(H,11,12). The third-order valence-corrected chi connectivity index (χ3v) is 3.05. The molecule has 70 valence electrons. The number of aromatic nitrogens is 2. The molecule has 0 radical (unpaired) electrons. The maximum Gasteiger partial charge on any atom is 0.203 e. The highest BCUT2D eigenvalue weighted by Crippen LogP contribution is 2.34. The summed E-state index contributed by atoms with van der Waals surface area (Å²) >= 11 is 0. The molecule has 2 saturated carbocycles. The Labute approximate surface area is 78.2 Å². The van der Waals surface area contributed by atoms with E-state index in [2.05, 4.69) is 21.1 Å². The summed E-state index contributed by atoms with van der Waals surface area (Å²) in [6, 6.07) is 1.44. The quantitative estimate of drug-likeness (QED) is 0.767. The lowest BCUT2D eigenvalue weighted by atomic mass is 9.93. The van der Waals surface area contributed by atoms with Gasteiger partial charge in [-0.05, 0) is 32.1 Å². The van der Waals surface area contributed by atoms with Crippen LogP contribution in [0.1, 0.15) is 38.1 Å². The van der Waals surface area contributed by atoms with Crippen molar-refractivity contribution in [2.24, 2.45) is 0 Å². The third-order valence-electron chi connectivity index (χ3n) is 3.05. The van der Waals surface area contributed by atoms with Gasteiger partial charge >= 0.3 is 0 Å². The minimum Gasteiger partial charge on any atom is -0.353 e. The molecule has 13 heavy (non-hydrogen) atoms. The van der Waals surface area contributed by atoms with Crippen molar-refractivity contribution >= 4 is 5.95 Å². The predicted molar refractivity (Wildman–Crippen MR) is 51.8 cm³/mol. The number of rotatable bonds is 3. The van der Waals surface area contributed by atoms with Crippen molar-refractivity contribution in [3.05, 3.63) is 12.4 Å². The van der Waals surface area contributed by atoms with Crippen LogP contribution in [0.4, 0.5) is 5.95 Å². The first kappa shape index (κ1) is 7.42. The fourth-order valence-electron chi connectivity index (χ4n) is 1.79. The number of nitrogens with zero attached hydrogens (tertiary/aromatic N) is 2. The SMILES string of the molecule is c1cn(C2CCC2)c(NC2CC2)n1. The average Bonchev–Trinajstić information content (AvgIpc) is 2.71. The second-order valence-electron chi connectivity index (χ2n) is 4.16. The van der Waals surface area contributed by atoms with E-state index < -0.39 is 0 Å². The lowest BCUT2D eigenvalue weighted by Crippen LogP contribution is -2.19. The molecule has 1 aromatic heterocycles. The van der Waals surface area contributed by atoms with Gasteiger partial charge in [-0.25, -0.2) is 4.98 Å². The Morgan fingerprint density at radius 2 is 2.15 bits per heavy atom. The molecule has 0 saturated heterocycles. The molecule has 0 amide bonds. The second-order valence-corrected chi connectivity index (χ2v) is 4.16. The van der Waals surface area contributed by atoms with Crippen molar-refractivity contribution in [3.63, 3.8) is 0 Å². The van der Waals surface area contributed by atoms with Crippen molar-refractivity contribution in [1.82, 2.24) is 9.55 Å². The minimum atomic E-state index is 0.709. The Hall–Kier alpha value is -0.990. The van der Waals surface area contributed by atoms with Gasteiger partial charge in [0.25, 0.3) is 0 Å². The highest BCUT2D eigenvalue weighted by atomic mass is 15.2. The Balaban J connectivity index is 1.77. The molecule has 0 aromatic carbocycles. The van der Waals surface area contributed by atoms with E-state index in [1.54, 1.807) is 0 Å². The van der Waals surface area contributed by atoms with Crippen molar-refractivity contribution < 1.29 is 0 Å². The Kier molecular flexibility index (Phi) is 1.57. The zero-order valence-corrected chi connectivity index (χ0v) is 7.74. The molecule has 1 N–H and O–H groups in total. The lowest BCUT2D eigenvalue weighted by molar-refractivity contribution is 0.316. The molecule has 0 spiro atoms. The van der Waals surface area contributed by atoms with Crippen LogP contribution >= 0.6 is 0 Å². The largest absolute Gasteiger partial charge is 0.353 e. The maximum absolute atomic E-state index is 4.35. The van der Waals surface area contributed by atoms with Crippen LogP contribution in [0.5, 0.6) is 0 Å². The summed E-state index contributed by atoms with van der Waals surface area (Å²) in [4.78, 5) is 4.35. The molecule has 0 atom stereocenters. The molecule has 3 nitrogen and oxygen atoms in total. The van der Waals surface area contributed by atoms with Crippen LogP contribution in [0, 0.1) is 0 Å². The van der Waals surface area contributed by atoms with Crippen LogP contribution in [-0.2, 0) is 0 Å². The van der Waals surface area contributed by atoms with E-state index in [-0.39, 0.29) is 0 Å². The summed E-state index contributed by atoms with van der Waals surface area (Å²) in [5, 5.41) is 3.47. The summed E-state index contributed by atoms with van der Waals surface area (Å²) < 4.78 is 2.31. The van der Waals surface area contributed by atoms with E-state index in [9.17, 15) is 0 Å². The average molecular weight is 177 g/mol. The molecule has 2 aliphatic carbocycles. The molecule has 0 unspecified atom stereocenters. The van der Waals surface area contributed by atoms with Crippen LogP contribution in [0.2, 0.25) is 0 Å². The summed E-state index contributed by atoms with van der Waals surface area (Å²) in [6.07, 6.45) is 10.7. The Morgan fingerprint density at radius 1 is 1.31 bits per heavy atom. The molecule has 2 aliphatic rings. The molecule has 1 heterocycles. The minimum absolute atomic E-state index is 0.709. The van der Waals surface area contributed by atoms with Gasteiger partial charge in [0.1, 0.15) is 0 Å². The van der Waals surface area contributed by atoms with E-state index in [4.69, 9.17) is 0 Å². The van der Waals surface area contributed by atoms with E-state index in [0.29, 0.717) is 6.04 Å². The molecule has 3 rings (SSSR count). The van der Waals surface area contributed by atoms with Gasteiger partial charge in [-0.15, -0.1) is 0 Å². The highest BCUT2D eigenvalue weighted by molar-refractivity contribution is 5.30. The number of nitrogens with one attached hydrogen (secondary N) is 1. The number of hydrogen-bond donors (Lipinski definition) is 1. The van der Waals surface area contributed by atoms with Gasteiger partial charge < -0.3 is 9.88 Å². The van der Waals surface area contributed by atoms with Crippen LogP contribution in [-0.4, -0.2) is 15.6 Å². The molecule has 2 fully saturated rings. The Bertz CT molecular complexity index is 297. The Morgan fingerprint density at radius 3 is 2.77 bits per heavy atom. The first-order chi connectivity index (χ1) is 6.43. The highest BCUT2D eigenvalue weighted by Gasteiger charge is 2.26. The molecule has 0 bridgehead atoms. The molecule has 0 aliphatic heterocycles. The molecule has 3 heteroatoms. The van der Waals surface area contributed by atoms with Crippen LogP contribution < -0.4 is 5.32 Å². The van der Waals surface area contributed by atoms with E-state index >= 15 is 0 Å². The smallest absolute Gasteiger partial charge is 0.203 e.